The molecule has 17 nitrogen and oxygen atoms in total. The molecular formula is C82H160N2O15. The van der Waals surface area contributed by atoms with Crippen LogP contribution >= 0.6 is 0 Å². The van der Waals surface area contributed by atoms with Gasteiger partial charge in [-0.1, -0.05) is 202 Å². The minimum absolute atomic E-state index is 0. The fourth-order valence-electron chi connectivity index (χ4n) is 10.9. The molecule has 0 aromatic rings. The molecule has 2 fully saturated rings. The number of aliphatic hydroxyl groups is 6. The standard InChI is InChI=1S/C58H63NO7.C24H49NO8.24H2/c1-9-11-13-15-17-19-21-23-24-25-26-27-28-29-30-31-32-33-35-37-39-41-43-45-56(62)59-54(46-64-58-51(6)49(4)50(5)55(66-58)47-63-52(7)60)57(65-53(8)61)48(3)44-42-40-38-36-34-22-20-18-16-14-12-10-2;1-2-3-4-5-6-7-8-9-10-11-12-13-14-18(27)20(28)17(25)16-32-24-23(31)22(30)21(29)19(15-26)33-24;;;;;;;;;;;;;;;;;;;;;;;;/h48-51,54-55,57-58H,10,12,14,16,18,20,22,34,36,38,40,42,44,46-47H2,1-8H3,(H,59,62);17-24,26-31H,2-16,25H2,1H3;24*1H/t48-,49+,50-,51?,54+,55?,57-,58+;17-,18+,19?,20-,21-,22-,23?,24-;;;;;;;;;;;;;;;;;;;;;;;;/m10......................../s1. The van der Waals surface area contributed by atoms with Crippen LogP contribution in [0.1, 0.15) is 263 Å². The summed E-state index contributed by atoms with van der Waals surface area (Å²) in [5, 5.41) is 62.1. The first-order valence-electron chi connectivity index (χ1n) is 35.7. The average Bonchev–Trinajstić information content (AvgIpc) is 0.821. The molecule has 2 saturated heterocycles. The fourth-order valence-corrected chi connectivity index (χ4v) is 10.9. The lowest BCUT2D eigenvalue weighted by Crippen LogP contribution is -2.60. The van der Waals surface area contributed by atoms with E-state index in [2.05, 4.69) is 175 Å². The maximum absolute atomic E-state index is 13.2. The molecule has 0 aliphatic carbocycles. The molecule has 0 bridgehead atoms. The highest BCUT2D eigenvalue weighted by molar-refractivity contribution is 5.94. The summed E-state index contributed by atoms with van der Waals surface area (Å²) >= 11 is 0. The smallest absolute Gasteiger partial charge is 0.302 e. The Bertz CT molecular complexity index is 3240. The first-order valence-corrected chi connectivity index (χ1v) is 35.7. The molecule has 9 N–H and O–H groups in total. The van der Waals surface area contributed by atoms with Crippen LogP contribution in [0.4, 0.5) is 0 Å². The van der Waals surface area contributed by atoms with Gasteiger partial charge < -0.3 is 70.1 Å². The molecular weight excluding hydrogens is 1250 g/mol. The Morgan fingerprint density at radius 2 is 0.889 bits per heavy atom. The lowest BCUT2D eigenvalue weighted by atomic mass is 9.79. The number of hydrogen-bond donors (Lipinski definition) is 8. The highest BCUT2D eigenvalue weighted by Gasteiger charge is 2.45. The van der Waals surface area contributed by atoms with E-state index in [0.717, 1.165) is 44.9 Å². The molecule has 0 radical (unpaired) electrons. The van der Waals surface area contributed by atoms with E-state index in [9.17, 15) is 45.0 Å². The van der Waals surface area contributed by atoms with Crippen molar-refractivity contribution in [3.8, 4) is 142 Å². The van der Waals surface area contributed by atoms with Gasteiger partial charge in [0.1, 0.15) is 37.1 Å². The number of hydrogen-bond acceptors (Lipinski definition) is 16. The Morgan fingerprint density at radius 3 is 1.30 bits per heavy atom. The van der Waals surface area contributed by atoms with Crippen molar-refractivity contribution in [2.75, 3.05) is 26.4 Å². The zero-order valence-electron chi connectivity index (χ0n) is 60.4. The van der Waals surface area contributed by atoms with Gasteiger partial charge in [-0.05, 0) is 132 Å². The van der Waals surface area contributed by atoms with Crippen LogP contribution in [0, 0.1) is 166 Å². The zero-order chi connectivity index (χ0) is 73.1. The van der Waals surface area contributed by atoms with E-state index >= 15 is 0 Å². The van der Waals surface area contributed by atoms with Crippen LogP contribution in [0.2, 0.25) is 0 Å². The average molecular weight is 1410 g/mol. The predicted molar refractivity (Wildman–Crippen MR) is 436 cm³/mol. The van der Waals surface area contributed by atoms with Crippen LogP contribution in [-0.2, 0) is 42.8 Å². The van der Waals surface area contributed by atoms with E-state index in [1.54, 1.807) is 6.92 Å². The third kappa shape index (κ3) is 44.4. The Kier molecular flexibility index (Phi) is 54.0. The number of unbranched alkanes of at least 4 members (excludes halogenated alkanes) is 22. The summed E-state index contributed by atoms with van der Waals surface area (Å²) in [4.78, 5) is 37.3. The summed E-state index contributed by atoms with van der Waals surface area (Å²) in [6, 6.07) is -1.68. The highest BCUT2D eigenvalue weighted by atomic mass is 16.7. The number of carbonyl (C=O) groups excluding carboxylic acids is 3. The second-order valence-electron chi connectivity index (χ2n) is 25.1. The highest BCUT2D eigenvalue weighted by Crippen LogP contribution is 2.36. The maximum atomic E-state index is 13.2. The first-order chi connectivity index (χ1) is 47.8. The number of amides is 1. The van der Waals surface area contributed by atoms with E-state index in [1.807, 2.05) is 13.8 Å². The molecule has 0 aromatic carbocycles. The molecule has 2 heterocycles. The lowest BCUT2D eigenvalue weighted by Gasteiger charge is -2.43. The topological polar surface area (TPSA) is 266 Å². The van der Waals surface area contributed by atoms with Crippen molar-refractivity contribution in [3.05, 3.63) is 0 Å². The fraction of sp³-hybridized carbons (Fsp3) is 0.671. The van der Waals surface area contributed by atoms with E-state index in [0.29, 0.717) is 6.42 Å². The lowest BCUT2D eigenvalue weighted by molar-refractivity contribution is -0.302. The molecule has 1 amide bonds. The Labute approximate surface area is 630 Å². The Morgan fingerprint density at radius 1 is 0.495 bits per heavy atom. The second-order valence-corrected chi connectivity index (χ2v) is 25.1. The second kappa shape index (κ2) is 59.5. The molecule has 2 rings (SSSR count). The largest absolute Gasteiger partial charge is 0.463 e. The number of nitrogens with two attached hydrogens (primary N) is 1. The number of nitrogens with one attached hydrogen (secondary N) is 1. The van der Waals surface area contributed by atoms with Gasteiger partial charge in [0.25, 0.3) is 5.91 Å². The normalized spacial score (nSPS) is 20.8. The molecule has 4 unspecified atom stereocenters. The third-order valence-electron chi connectivity index (χ3n) is 17.1. The van der Waals surface area contributed by atoms with Gasteiger partial charge >= 0.3 is 11.9 Å². The van der Waals surface area contributed by atoms with Crippen LogP contribution in [0.25, 0.3) is 0 Å². The van der Waals surface area contributed by atoms with Crippen LogP contribution in [0.3, 0.4) is 0 Å². The maximum Gasteiger partial charge on any atom is 0.302 e. The van der Waals surface area contributed by atoms with Crippen molar-refractivity contribution in [3.63, 3.8) is 0 Å². The molecule has 0 aromatic heterocycles. The van der Waals surface area contributed by atoms with Crippen LogP contribution < -0.4 is 11.1 Å². The number of esters is 2. The van der Waals surface area contributed by atoms with Gasteiger partial charge in [0.2, 0.25) is 0 Å². The van der Waals surface area contributed by atoms with Gasteiger partial charge in [-0.25, -0.2) is 0 Å². The van der Waals surface area contributed by atoms with Gasteiger partial charge in [-0.3, -0.25) is 14.4 Å². The van der Waals surface area contributed by atoms with Crippen LogP contribution in [-0.4, -0.2) is 148 Å². The Hall–Kier alpha value is -7.31. The first kappa shape index (κ1) is 89.7. The van der Waals surface area contributed by atoms with Gasteiger partial charge in [0.05, 0.1) is 50.2 Å². The summed E-state index contributed by atoms with van der Waals surface area (Å²) in [6.07, 6.45) is 19.9. The van der Waals surface area contributed by atoms with Crippen molar-refractivity contribution in [2.45, 2.75) is 303 Å². The van der Waals surface area contributed by atoms with Gasteiger partial charge in [-0.2, -0.15) is 0 Å². The van der Waals surface area contributed by atoms with Crippen molar-refractivity contribution in [1.29, 1.82) is 0 Å². The van der Waals surface area contributed by atoms with E-state index in [1.165, 1.54) is 129 Å². The quantitative estimate of drug-likeness (QED) is 0.0161. The molecule has 2 aliphatic rings. The summed E-state index contributed by atoms with van der Waals surface area (Å²) < 4.78 is 34.5. The zero-order valence-corrected chi connectivity index (χ0v) is 60.4. The van der Waals surface area contributed by atoms with Crippen LogP contribution in [0.15, 0.2) is 0 Å². The van der Waals surface area contributed by atoms with Gasteiger partial charge in [-0.15, -0.1) is 0 Å². The molecule has 0 spiro atoms. The van der Waals surface area contributed by atoms with Crippen molar-refractivity contribution in [1.82, 2.24) is 5.32 Å². The molecule has 16 atom stereocenters. The molecule has 0 saturated carbocycles. The summed E-state index contributed by atoms with van der Waals surface area (Å²) in [5.74, 6) is 59.4. The SMILES string of the molecule is CC#CC#CC#CC#CC#CC#CC#CC#CC#CC#CC#CC#CC(=O)N[C@@H](CO[C@H]1OC(COC(C)=O)[C@H](C)[C@H](C)C1C)[C@H](OC(C)=O)[C@H](C)CCCCCCCCCCCCCC.CCCCCCCCCCCCCC[C@@H](O)[C@@H](O)[C@@H](N)CO[C@H]1OC(CO)[C@H](O)[C@H](O)C1O.[HH].[HH].[HH].[HH].[HH].[HH].[HH].[HH].[HH].[HH].[HH].[HH].[HH].[HH].[HH].[HH].[HH].[HH].[HH].[HH].[HH].[HH].[HH].[HH]. The van der Waals surface area contributed by atoms with Crippen molar-refractivity contribution < 1.29 is 108 Å². The summed E-state index contributed by atoms with van der Waals surface area (Å²) in [5.41, 5.74) is 5.91. The summed E-state index contributed by atoms with van der Waals surface area (Å²) in [7, 11) is 0. The number of ether oxygens (including phenoxy) is 6. The minimum Gasteiger partial charge on any atom is -0.463 e. The predicted octanol–water partition coefficient (Wildman–Crippen LogP) is 14.3. The minimum atomic E-state index is -1.54. The van der Waals surface area contributed by atoms with E-state index < -0.39 is 85.9 Å². The van der Waals surface area contributed by atoms with Gasteiger partial charge in [0.15, 0.2) is 12.6 Å². The van der Waals surface area contributed by atoms with Crippen LogP contribution in [0.5, 0.6) is 0 Å². The molecule has 99 heavy (non-hydrogen) atoms. The van der Waals surface area contributed by atoms with E-state index in [-0.39, 0.29) is 89.8 Å². The van der Waals surface area contributed by atoms with Gasteiger partial charge in [0, 0.05) is 95.4 Å². The summed E-state index contributed by atoms with van der Waals surface area (Å²) in [6.45, 7) is 16.4. The molecule has 17 heteroatoms. The number of aliphatic hydroxyl groups excluding tert-OH is 6. The molecule has 588 valence electrons. The third-order valence-corrected chi connectivity index (χ3v) is 17.1. The monoisotopic (exact) mass is 1410 g/mol. The number of rotatable bonds is 41. The van der Waals surface area contributed by atoms with Crippen molar-refractivity contribution >= 4 is 17.8 Å². The number of carbonyl (C=O) groups is 3. The van der Waals surface area contributed by atoms with Crippen molar-refractivity contribution in [2.24, 2.45) is 29.4 Å². The Balaban J connectivity index is -0.0000000686. The van der Waals surface area contributed by atoms with E-state index in [4.69, 9.17) is 34.2 Å². The molecule has 2 aliphatic heterocycles.